The summed E-state index contributed by atoms with van der Waals surface area (Å²) >= 11 is 11.7. The van der Waals surface area contributed by atoms with E-state index in [1.165, 1.54) is 18.2 Å². The van der Waals surface area contributed by atoms with Gasteiger partial charge in [-0.05, 0) is 24.3 Å². The maximum Gasteiger partial charge on any atom is 0.336 e. The van der Waals surface area contributed by atoms with Crippen molar-refractivity contribution in [1.29, 1.82) is 0 Å². The van der Waals surface area contributed by atoms with Crippen LogP contribution in [0.4, 0.5) is 8.78 Å². The number of benzene rings is 2. The Labute approximate surface area is 117 Å². The lowest BCUT2D eigenvalue weighted by molar-refractivity contribution is 0.0697. The van der Waals surface area contributed by atoms with Crippen LogP contribution in [0.15, 0.2) is 30.3 Å². The summed E-state index contributed by atoms with van der Waals surface area (Å²) in [5.74, 6) is -3.75. The number of aromatic carboxylic acids is 1. The summed E-state index contributed by atoms with van der Waals surface area (Å²) in [6, 6.07) is 5.75. The summed E-state index contributed by atoms with van der Waals surface area (Å²) in [4.78, 5) is 11.1. The van der Waals surface area contributed by atoms with Crippen LogP contribution in [-0.2, 0) is 0 Å². The first-order valence-corrected chi connectivity index (χ1v) is 5.83. The molecule has 0 spiro atoms. The predicted octanol–water partition coefficient (Wildman–Crippen LogP) is 4.64. The fourth-order valence-corrected chi connectivity index (χ4v) is 2.16. The van der Waals surface area contributed by atoms with Gasteiger partial charge in [-0.25, -0.2) is 13.6 Å². The number of hydrogen-bond donors (Lipinski definition) is 1. The molecule has 0 fully saturated rings. The minimum absolute atomic E-state index is 0.00642. The SMILES string of the molecule is O=C(O)c1cc(F)c(F)cc1-c1ccc(Cl)cc1Cl. The van der Waals surface area contributed by atoms with Gasteiger partial charge in [-0.2, -0.15) is 0 Å². The summed E-state index contributed by atoms with van der Waals surface area (Å²) in [5.41, 5.74) is -0.112. The number of halogens is 4. The third-order valence-electron chi connectivity index (χ3n) is 2.51. The number of carboxylic acids is 1. The van der Waals surface area contributed by atoms with Crippen molar-refractivity contribution in [3.63, 3.8) is 0 Å². The van der Waals surface area contributed by atoms with Crippen molar-refractivity contribution in [3.05, 3.63) is 57.6 Å². The largest absolute Gasteiger partial charge is 0.478 e. The highest BCUT2D eigenvalue weighted by molar-refractivity contribution is 6.36. The molecule has 2 rings (SSSR count). The van der Waals surface area contributed by atoms with Gasteiger partial charge in [-0.3, -0.25) is 0 Å². The number of carboxylic acid groups (broad SMARTS) is 1. The molecule has 0 saturated heterocycles. The molecule has 19 heavy (non-hydrogen) atoms. The van der Waals surface area contributed by atoms with Crippen LogP contribution in [0.2, 0.25) is 10.0 Å². The molecule has 2 aromatic carbocycles. The molecule has 0 aliphatic heterocycles. The molecule has 0 radical (unpaired) electrons. The normalized spacial score (nSPS) is 10.5. The molecular formula is C13H6Cl2F2O2. The lowest BCUT2D eigenvalue weighted by Crippen LogP contribution is -2.02. The smallest absolute Gasteiger partial charge is 0.336 e. The molecular weight excluding hydrogens is 297 g/mol. The van der Waals surface area contributed by atoms with Crippen molar-refractivity contribution < 1.29 is 18.7 Å². The Hall–Kier alpha value is -1.65. The summed E-state index contributed by atoms with van der Waals surface area (Å²) in [5, 5.41) is 9.54. The second-order valence-corrected chi connectivity index (χ2v) is 4.58. The molecule has 1 N–H and O–H groups in total. The van der Waals surface area contributed by atoms with Crippen molar-refractivity contribution >= 4 is 29.2 Å². The van der Waals surface area contributed by atoms with Gasteiger partial charge in [-0.15, -0.1) is 0 Å². The van der Waals surface area contributed by atoms with Crippen LogP contribution in [0.5, 0.6) is 0 Å². The molecule has 2 aromatic rings. The standard InChI is InChI=1S/C13H6Cl2F2O2/c14-6-1-2-7(10(15)3-6)8-4-11(16)12(17)5-9(8)13(18)19/h1-5H,(H,18,19). The molecule has 2 nitrogen and oxygen atoms in total. The highest BCUT2D eigenvalue weighted by Gasteiger charge is 2.18. The third-order valence-corrected chi connectivity index (χ3v) is 3.06. The molecule has 0 bridgehead atoms. The van der Waals surface area contributed by atoms with Crippen molar-refractivity contribution in [3.8, 4) is 11.1 Å². The molecule has 98 valence electrons. The summed E-state index contributed by atoms with van der Waals surface area (Å²) in [6.45, 7) is 0. The third kappa shape index (κ3) is 2.69. The van der Waals surface area contributed by atoms with Crippen molar-refractivity contribution in [2.45, 2.75) is 0 Å². The minimum atomic E-state index is -1.38. The lowest BCUT2D eigenvalue weighted by atomic mass is 9.99. The van der Waals surface area contributed by atoms with Crippen LogP contribution in [0, 0.1) is 11.6 Å². The number of hydrogen-bond acceptors (Lipinski definition) is 1. The molecule has 0 unspecified atom stereocenters. The maximum absolute atomic E-state index is 13.3. The van der Waals surface area contributed by atoms with Gasteiger partial charge in [0.05, 0.1) is 5.56 Å². The summed E-state index contributed by atoms with van der Waals surface area (Å²) in [7, 11) is 0. The van der Waals surface area contributed by atoms with E-state index in [4.69, 9.17) is 28.3 Å². The second-order valence-electron chi connectivity index (χ2n) is 3.74. The van der Waals surface area contributed by atoms with Gasteiger partial charge < -0.3 is 5.11 Å². The van der Waals surface area contributed by atoms with E-state index in [9.17, 15) is 13.6 Å². The van der Waals surface area contributed by atoms with E-state index in [0.29, 0.717) is 11.1 Å². The minimum Gasteiger partial charge on any atom is -0.478 e. The molecule has 0 heterocycles. The highest BCUT2D eigenvalue weighted by Crippen LogP contribution is 2.33. The van der Waals surface area contributed by atoms with E-state index < -0.39 is 17.6 Å². The lowest BCUT2D eigenvalue weighted by Gasteiger charge is -2.09. The zero-order valence-electron chi connectivity index (χ0n) is 9.25. The van der Waals surface area contributed by atoms with E-state index in [-0.39, 0.29) is 21.7 Å². The average Bonchev–Trinajstić information content (AvgIpc) is 2.32. The van der Waals surface area contributed by atoms with E-state index in [1.807, 2.05) is 0 Å². The number of rotatable bonds is 2. The predicted molar refractivity (Wildman–Crippen MR) is 68.8 cm³/mol. The first-order chi connectivity index (χ1) is 8.90. The molecule has 0 atom stereocenters. The molecule has 6 heteroatoms. The van der Waals surface area contributed by atoms with Crippen LogP contribution in [0.25, 0.3) is 11.1 Å². The summed E-state index contributed by atoms with van der Waals surface area (Å²) in [6.07, 6.45) is 0. The van der Waals surface area contributed by atoms with E-state index in [2.05, 4.69) is 0 Å². The Morgan fingerprint density at radius 2 is 1.63 bits per heavy atom. The molecule has 0 saturated carbocycles. The van der Waals surface area contributed by atoms with Gasteiger partial charge in [0.15, 0.2) is 11.6 Å². The first kappa shape index (κ1) is 13.8. The average molecular weight is 303 g/mol. The Morgan fingerprint density at radius 3 is 2.21 bits per heavy atom. The van der Waals surface area contributed by atoms with E-state index >= 15 is 0 Å². The quantitative estimate of drug-likeness (QED) is 0.877. The van der Waals surface area contributed by atoms with Crippen molar-refractivity contribution in [2.24, 2.45) is 0 Å². The van der Waals surface area contributed by atoms with Gasteiger partial charge in [0, 0.05) is 21.2 Å². The fraction of sp³-hybridized carbons (Fsp3) is 0. The number of carbonyl (C=O) groups is 1. The Morgan fingerprint density at radius 1 is 1.00 bits per heavy atom. The van der Waals surface area contributed by atoms with Gasteiger partial charge >= 0.3 is 5.97 Å². The summed E-state index contributed by atoms with van der Waals surface area (Å²) < 4.78 is 26.4. The fourth-order valence-electron chi connectivity index (χ4n) is 1.65. The van der Waals surface area contributed by atoms with Crippen LogP contribution in [0.1, 0.15) is 10.4 Å². The highest BCUT2D eigenvalue weighted by atomic mass is 35.5. The van der Waals surface area contributed by atoms with Gasteiger partial charge in [0.2, 0.25) is 0 Å². The van der Waals surface area contributed by atoms with Crippen molar-refractivity contribution in [2.75, 3.05) is 0 Å². The molecule has 0 aliphatic carbocycles. The molecule has 0 amide bonds. The van der Waals surface area contributed by atoms with Gasteiger partial charge in [0.25, 0.3) is 0 Å². The maximum atomic E-state index is 13.3. The Kier molecular flexibility index (Phi) is 3.73. The first-order valence-electron chi connectivity index (χ1n) is 5.08. The zero-order valence-corrected chi connectivity index (χ0v) is 10.8. The van der Waals surface area contributed by atoms with Crippen LogP contribution >= 0.6 is 23.2 Å². The van der Waals surface area contributed by atoms with Gasteiger partial charge in [-0.1, -0.05) is 29.3 Å². The van der Waals surface area contributed by atoms with Gasteiger partial charge in [0.1, 0.15) is 0 Å². The van der Waals surface area contributed by atoms with E-state index in [1.54, 1.807) is 0 Å². The zero-order chi connectivity index (χ0) is 14.2. The second kappa shape index (κ2) is 5.15. The topological polar surface area (TPSA) is 37.3 Å². The van der Waals surface area contributed by atoms with Crippen LogP contribution in [-0.4, -0.2) is 11.1 Å². The Bertz CT molecular complexity index is 672. The molecule has 0 aliphatic rings. The van der Waals surface area contributed by atoms with Crippen LogP contribution < -0.4 is 0 Å². The monoisotopic (exact) mass is 302 g/mol. The molecule has 0 aromatic heterocycles. The van der Waals surface area contributed by atoms with Crippen molar-refractivity contribution in [1.82, 2.24) is 0 Å². The van der Waals surface area contributed by atoms with Crippen LogP contribution in [0.3, 0.4) is 0 Å². The Balaban J connectivity index is 2.73. The van der Waals surface area contributed by atoms with E-state index in [0.717, 1.165) is 6.07 Å².